The molecule has 0 fully saturated rings. The molecule has 160 valence electrons. The Morgan fingerprint density at radius 1 is 1.20 bits per heavy atom. The summed E-state index contributed by atoms with van der Waals surface area (Å²) in [6, 6.07) is 6.71. The van der Waals surface area contributed by atoms with Crippen LogP contribution in [0.4, 0.5) is 0 Å². The maximum atomic E-state index is 12.3. The van der Waals surface area contributed by atoms with Gasteiger partial charge in [0.2, 0.25) is 11.8 Å². The number of benzene rings is 1. The van der Waals surface area contributed by atoms with E-state index in [0.717, 1.165) is 48.8 Å². The minimum Gasteiger partial charge on any atom is -0.497 e. The third-order valence-electron chi connectivity index (χ3n) is 5.13. The van der Waals surface area contributed by atoms with E-state index in [0.29, 0.717) is 13.0 Å². The number of aryl methyl sites for hydroxylation is 1. The van der Waals surface area contributed by atoms with Crippen molar-refractivity contribution >= 4 is 17.9 Å². The number of hydrogen-bond acceptors (Lipinski definition) is 5. The molecule has 2 N–H and O–H groups in total. The maximum Gasteiger partial charge on any atom is 0.244 e. The van der Waals surface area contributed by atoms with Gasteiger partial charge in [0.15, 0.2) is 0 Å². The third kappa shape index (κ3) is 5.92. The lowest BCUT2D eigenvalue weighted by Gasteiger charge is -2.13. The van der Waals surface area contributed by atoms with Crippen molar-refractivity contribution in [2.75, 3.05) is 13.7 Å². The van der Waals surface area contributed by atoms with E-state index in [4.69, 9.17) is 4.74 Å². The number of nitrogens with zero attached hydrogens (tertiary/aromatic N) is 3. The van der Waals surface area contributed by atoms with Crippen molar-refractivity contribution in [1.29, 1.82) is 0 Å². The highest BCUT2D eigenvalue weighted by atomic mass is 16.5. The van der Waals surface area contributed by atoms with Crippen LogP contribution in [0.2, 0.25) is 0 Å². The monoisotopic (exact) mass is 411 g/mol. The Morgan fingerprint density at radius 2 is 2.00 bits per heavy atom. The molecule has 3 rings (SSSR count). The highest BCUT2D eigenvalue weighted by molar-refractivity contribution is 5.95. The van der Waals surface area contributed by atoms with Crippen LogP contribution < -0.4 is 15.4 Å². The lowest BCUT2D eigenvalue weighted by atomic mass is 10.2. The van der Waals surface area contributed by atoms with Crippen LogP contribution >= 0.6 is 0 Å². The molecule has 0 bridgehead atoms. The standard InChI is InChI=1S/C22H29N5O3/c1-16(24-21(28)12-9-17-7-10-18(30-2)11-8-17)22(29)23-14-13-20-26-25-19-6-4-3-5-15-27(19)20/h7-12,16H,3-6,13-15H2,1-2H3,(H,23,29)(H,24,28)/b12-9+. The lowest BCUT2D eigenvalue weighted by molar-refractivity contribution is -0.126. The molecule has 1 unspecified atom stereocenters. The molecule has 8 nitrogen and oxygen atoms in total. The molecule has 0 saturated carbocycles. The largest absolute Gasteiger partial charge is 0.497 e. The van der Waals surface area contributed by atoms with Gasteiger partial charge in [-0.05, 0) is 43.5 Å². The number of fused-ring (bicyclic) bond motifs is 1. The van der Waals surface area contributed by atoms with Gasteiger partial charge < -0.3 is 19.9 Å². The van der Waals surface area contributed by atoms with E-state index in [9.17, 15) is 9.59 Å². The quantitative estimate of drug-likeness (QED) is 0.647. The molecule has 2 heterocycles. The molecular weight excluding hydrogens is 382 g/mol. The van der Waals surface area contributed by atoms with Crippen LogP contribution in [0.3, 0.4) is 0 Å². The highest BCUT2D eigenvalue weighted by Gasteiger charge is 2.16. The fourth-order valence-electron chi connectivity index (χ4n) is 3.39. The summed E-state index contributed by atoms with van der Waals surface area (Å²) in [6.07, 6.45) is 8.19. The molecule has 8 heteroatoms. The number of hydrogen-bond donors (Lipinski definition) is 2. The van der Waals surface area contributed by atoms with Gasteiger partial charge in [-0.25, -0.2) is 0 Å². The molecule has 2 aromatic rings. The van der Waals surface area contributed by atoms with Crippen LogP contribution in [0.1, 0.15) is 43.4 Å². The molecule has 2 amide bonds. The summed E-state index contributed by atoms with van der Waals surface area (Å²) in [5.41, 5.74) is 0.871. The first-order valence-corrected chi connectivity index (χ1v) is 10.4. The summed E-state index contributed by atoms with van der Waals surface area (Å²) >= 11 is 0. The summed E-state index contributed by atoms with van der Waals surface area (Å²) in [5.74, 6) is 2.15. The number of methoxy groups -OCH3 is 1. The number of carbonyl (C=O) groups is 2. The Labute approximate surface area is 176 Å². The van der Waals surface area contributed by atoms with Crippen LogP contribution in [0.25, 0.3) is 6.08 Å². The number of nitrogens with one attached hydrogen (secondary N) is 2. The second kappa shape index (κ2) is 10.6. The van der Waals surface area contributed by atoms with Gasteiger partial charge >= 0.3 is 0 Å². The second-order valence-corrected chi connectivity index (χ2v) is 7.37. The first-order valence-electron chi connectivity index (χ1n) is 10.4. The summed E-state index contributed by atoms with van der Waals surface area (Å²) in [4.78, 5) is 24.4. The number of aromatic nitrogens is 3. The minimum absolute atomic E-state index is 0.225. The molecule has 30 heavy (non-hydrogen) atoms. The average molecular weight is 412 g/mol. The van der Waals surface area contributed by atoms with Gasteiger partial charge in [-0.2, -0.15) is 0 Å². The summed E-state index contributed by atoms with van der Waals surface area (Å²) in [6.45, 7) is 3.06. The molecule has 1 aliphatic rings. The smallest absolute Gasteiger partial charge is 0.244 e. The average Bonchev–Trinajstić information content (AvgIpc) is 2.98. The second-order valence-electron chi connectivity index (χ2n) is 7.37. The summed E-state index contributed by atoms with van der Waals surface area (Å²) in [7, 11) is 1.60. The Kier molecular flexibility index (Phi) is 7.59. The minimum atomic E-state index is -0.631. The van der Waals surface area contributed by atoms with E-state index < -0.39 is 6.04 Å². The van der Waals surface area contributed by atoms with Gasteiger partial charge in [0, 0.05) is 32.0 Å². The molecular formula is C22H29N5O3. The van der Waals surface area contributed by atoms with Gasteiger partial charge in [-0.15, -0.1) is 10.2 Å². The van der Waals surface area contributed by atoms with Crippen molar-refractivity contribution in [2.24, 2.45) is 0 Å². The van der Waals surface area contributed by atoms with Gasteiger partial charge in [-0.1, -0.05) is 18.6 Å². The Bertz CT molecular complexity index is 889. The molecule has 1 atom stereocenters. The predicted molar refractivity (Wildman–Crippen MR) is 114 cm³/mol. The molecule has 1 aromatic heterocycles. The van der Waals surface area contributed by atoms with Gasteiger partial charge in [0.05, 0.1) is 7.11 Å². The van der Waals surface area contributed by atoms with E-state index in [1.165, 1.54) is 12.5 Å². The van der Waals surface area contributed by atoms with E-state index in [2.05, 4.69) is 25.4 Å². The van der Waals surface area contributed by atoms with Gasteiger partial charge in [0.25, 0.3) is 0 Å². The number of carbonyl (C=O) groups excluding carboxylic acids is 2. The molecule has 1 aromatic carbocycles. The Hall–Kier alpha value is -3.16. The van der Waals surface area contributed by atoms with Crippen LogP contribution in [-0.4, -0.2) is 46.3 Å². The van der Waals surface area contributed by atoms with Crippen LogP contribution in [0.15, 0.2) is 30.3 Å². The predicted octanol–water partition coefficient (Wildman–Crippen LogP) is 1.89. The first kappa shape index (κ1) is 21.5. The fraction of sp³-hybridized carbons (Fsp3) is 0.455. The Balaban J connectivity index is 1.42. The van der Waals surface area contributed by atoms with Crippen LogP contribution in [0, 0.1) is 0 Å². The Morgan fingerprint density at radius 3 is 2.77 bits per heavy atom. The van der Waals surface area contributed by atoms with Crippen LogP contribution in [0.5, 0.6) is 5.75 Å². The van der Waals surface area contributed by atoms with Crippen molar-refractivity contribution in [3.05, 3.63) is 47.6 Å². The topological polar surface area (TPSA) is 98.1 Å². The fourth-order valence-corrected chi connectivity index (χ4v) is 3.39. The van der Waals surface area contributed by atoms with Gasteiger partial charge in [0.1, 0.15) is 23.4 Å². The zero-order chi connectivity index (χ0) is 21.3. The van der Waals surface area contributed by atoms with Crippen molar-refractivity contribution < 1.29 is 14.3 Å². The SMILES string of the molecule is COc1ccc(/C=C/C(=O)NC(C)C(=O)NCCc2nnc3n2CCCCC3)cc1. The molecule has 1 aliphatic heterocycles. The van der Waals surface area contributed by atoms with E-state index in [1.807, 2.05) is 24.3 Å². The number of rotatable bonds is 8. The molecule has 0 aliphatic carbocycles. The van der Waals surface area contributed by atoms with E-state index in [1.54, 1.807) is 20.1 Å². The van der Waals surface area contributed by atoms with Crippen molar-refractivity contribution in [3.63, 3.8) is 0 Å². The molecule has 0 radical (unpaired) electrons. The lowest BCUT2D eigenvalue weighted by Crippen LogP contribution is -2.44. The third-order valence-corrected chi connectivity index (χ3v) is 5.13. The van der Waals surface area contributed by atoms with Crippen LogP contribution in [-0.2, 0) is 29.0 Å². The number of amides is 2. The van der Waals surface area contributed by atoms with Crippen molar-refractivity contribution in [3.8, 4) is 5.75 Å². The zero-order valence-electron chi connectivity index (χ0n) is 17.6. The normalized spacial score (nSPS) is 14.6. The maximum absolute atomic E-state index is 12.3. The number of ether oxygens (including phenoxy) is 1. The van der Waals surface area contributed by atoms with Crippen molar-refractivity contribution in [1.82, 2.24) is 25.4 Å². The van der Waals surface area contributed by atoms with Crippen molar-refractivity contribution in [2.45, 2.75) is 51.6 Å². The van der Waals surface area contributed by atoms with E-state index >= 15 is 0 Å². The summed E-state index contributed by atoms with van der Waals surface area (Å²) in [5, 5.41) is 14.1. The van der Waals surface area contributed by atoms with E-state index in [-0.39, 0.29) is 11.8 Å². The van der Waals surface area contributed by atoms with Gasteiger partial charge in [-0.3, -0.25) is 9.59 Å². The molecule has 0 saturated heterocycles. The first-order chi connectivity index (χ1) is 14.6. The molecule has 0 spiro atoms. The zero-order valence-corrected chi connectivity index (χ0v) is 17.6. The highest BCUT2D eigenvalue weighted by Crippen LogP contribution is 2.14. The summed E-state index contributed by atoms with van der Waals surface area (Å²) < 4.78 is 7.28.